The number of rotatable bonds is 6. The van der Waals surface area contributed by atoms with Crippen LogP contribution in [0.15, 0.2) is 6.07 Å². The second-order valence-electron chi connectivity index (χ2n) is 7.14. The molecular weight excluding hydrogens is 346 g/mol. The van der Waals surface area contributed by atoms with E-state index in [4.69, 9.17) is 14.6 Å². The first-order chi connectivity index (χ1) is 12.9. The van der Waals surface area contributed by atoms with Crippen LogP contribution in [0.25, 0.3) is 0 Å². The van der Waals surface area contributed by atoms with Crippen molar-refractivity contribution in [1.82, 2.24) is 0 Å². The zero-order valence-corrected chi connectivity index (χ0v) is 16.6. The SMILES string of the molecule is CCOC(=O)CCOC(C)C.O=C(O)Nc1c2c(cc3c1CCC3)CCC2. The van der Waals surface area contributed by atoms with Crippen LogP contribution in [-0.4, -0.2) is 36.5 Å². The molecule has 0 bridgehead atoms. The summed E-state index contributed by atoms with van der Waals surface area (Å²) in [5.74, 6) is -0.187. The summed E-state index contributed by atoms with van der Waals surface area (Å²) in [6.07, 6.45) is 6.19. The van der Waals surface area contributed by atoms with E-state index in [-0.39, 0.29) is 12.1 Å². The Balaban J connectivity index is 0.000000211. The second kappa shape index (κ2) is 10.3. The highest BCUT2D eigenvalue weighted by Gasteiger charge is 2.24. The number of anilines is 1. The molecule has 6 nitrogen and oxygen atoms in total. The molecule has 0 saturated heterocycles. The largest absolute Gasteiger partial charge is 0.466 e. The smallest absolute Gasteiger partial charge is 0.409 e. The number of carbonyl (C=O) groups excluding carboxylic acids is 1. The molecule has 0 aromatic heterocycles. The minimum atomic E-state index is -0.936. The summed E-state index contributed by atoms with van der Waals surface area (Å²) in [5.41, 5.74) is 6.15. The number of nitrogens with one attached hydrogen (secondary N) is 1. The van der Waals surface area contributed by atoms with Crippen molar-refractivity contribution < 1.29 is 24.2 Å². The average Bonchev–Trinajstić information content (AvgIpc) is 3.23. The Morgan fingerprint density at radius 3 is 2.19 bits per heavy atom. The molecule has 0 spiro atoms. The molecular formula is C21H31NO5. The summed E-state index contributed by atoms with van der Waals surface area (Å²) in [6, 6.07) is 2.30. The fraction of sp³-hybridized carbons (Fsp3) is 0.619. The van der Waals surface area contributed by atoms with E-state index in [0.717, 1.165) is 44.2 Å². The van der Waals surface area contributed by atoms with Crippen molar-refractivity contribution in [1.29, 1.82) is 0 Å². The minimum Gasteiger partial charge on any atom is -0.466 e. The van der Waals surface area contributed by atoms with Crippen LogP contribution in [0, 0.1) is 0 Å². The van der Waals surface area contributed by atoms with E-state index in [0.29, 0.717) is 19.6 Å². The first-order valence-corrected chi connectivity index (χ1v) is 9.86. The van der Waals surface area contributed by atoms with Crippen LogP contribution < -0.4 is 5.32 Å². The molecule has 0 fully saturated rings. The van der Waals surface area contributed by atoms with E-state index < -0.39 is 6.09 Å². The Hall–Kier alpha value is -2.08. The number of benzene rings is 1. The maximum Gasteiger partial charge on any atom is 0.409 e. The Morgan fingerprint density at radius 1 is 1.11 bits per heavy atom. The van der Waals surface area contributed by atoms with Gasteiger partial charge in [-0.2, -0.15) is 0 Å². The van der Waals surface area contributed by atoms with E-state index >= 15 is 0 Å². The third kappa shape index (κ3) is 6.24. The summed E-state index contributed by atoms with van der Waals surface area (Å²) in [7, 11) is 0. The van der Waals surface area contributed by atoms with Crippen molar-refractivity contribution in [3.63, 3.8) is 0 Å². The van der Waals surface area contributed by atoms with Crippen molar-refractivity contribution in [2.24, 2.45) is 0 Å². The average molecular weight is 377 g/mol. The van der Waals surface area contributed by atoms with Crippen LogP contribution in [0.4, 0.5) is 10.5 Å². The number of carboxylic acid groups (broad SMARTS) is 1. The molecule has 0 radical (unpaired) electrons. The highest BCUT2D eigenvalue weighted by atomic mass is 16.5. The van der Waals surface area contributed by atoms with E-state index in [2.05, 4.69) is 11.4 Å². The van der Waals surface area contributed by atoms with E-state index in [1.54, 1.807) is 6.92 Å². The Morgan fingerprint density at radius 2 is 1.70 bits per heavy atom. The summed E-state index contributed by atoms with van der Waals surface area (Å²) in [5, 5.41) is 11.5. The number of aryl methyl sites for hydroxylation is 2. The predicted molar refractivity (Wildman–Crippen MR) is 104 cm³/mol. The third-order valence-corrected chi connectivity index (χ3v) is 4.77. The summed E-state index contributed by atoms with van der Waals surface area (Å²) < 4.78 is 9.86. The summed E-state index contributed by atoms with van der Waals surface area (Å²) in [4.78, 5) is 21.6. The highest BCUT2D eigenvalue weighted by Crippen LogP contribution is 2.38. The van der Waals surface area contributed by atoms with Gasteiger partial charge in [-0.1, -0.05) is 6.07 Å². The van der Waals surface area contributed by atoms with Crippen molar-refractivity contribution in [3.05, 3.63) is 28.3 Å². The normalized spacial score (nSPS) is 14.2. The topological polar surface area (TPSA) is 84.9 Å². The molecule has 1 aromatic rings. The van der Waals surface area contributed by atoms with Crippen LogP contribution in [0.1, 0.15) is 62.3 Å². The molecule has 0 atom stereocenters. The molecule has 2 aliphatic rings. The zero-order chi connectivity index (χ0) is 19.8. The van der Waals surface area contributed by atoms with Gasteiger partial charge in [-0.05, 0) is 81.5 Å². The molecule has 1 amide bonds. The molecule has 150 valence electrons. The molecule has 0 unspecified atom stereocenters. The maximum atomic E-state index is 10.9. The van der Waals surface area contributed by atoms with Gasteiger partial charge in [0.1, 0.15) is 0 Å². The molecule has 0 aliphatic heterocycles. The fourth-order valence-corrected chi connectivity index (χ4v) is 3.69. The fourth-order valence-electron chi connectivity index (χ4n) is 3.69. The first-order valence-electron chi connectivity index (χ1n) is 9.86. The van der Waals surface area contributed by atoms with Gasteiger partial charge in [0.25, 0.3) is 0 Å². The van der Waals surface area contributed by atoms with Gasteiger partial charge < -0.3 is 14.6 Å². The van der Waals surface area contributed by atoms with Crippen LogP contribution in [0.5, 0.6) is 0 Å². The molecule has 0 heterocycles. The second-order valence-corrected chi connectivity index (χ2v) is 7.14. The van der Waals surface area contributed by atoms with Gasteiger partial charge in [0, 0.05) is 0 Å². The molecule has 3 rings (SSSR count). The number of hydrogen-bond acceptors (Lipinski definition) is 4. The number of amides is 1. The Labute approximate surface area is 161 Å². The van der Waals surface area contributed by atoms with Gasteiger partial charge in [0.2, 0.25) is 0 Å². The van der Waals surface area contributed by atoms with Crippen molar-refractivity contribution in [2.45, 2.75) is 71.8 Å². The van der Waals surface area contributed by atoms with Crippen LogP contribution in [0.2, 0.25) is 0 Å². The number of fused-ring (bicyclic) bond motifs is 2. The number of carbonyl (C=O) groups is 2. The molecule has 1 aromatic carbocycles. The first kappa shape index (κ1) is 21.2. The van der Waals surface area contributed by atoms with E-state index in [1.807, 2.05) is 13.8 Å². The lowest BCUT2D eigenvalue weighted by atomic mass is 9.99. The summed E-state index contributed by atoms with van der Waals surface area (Å²) in [6.45, 7) is 6.56. The lowest BCUT2D eigenvalue weighted by Gasteiger charge is -2.14. The maximum absolute atomic E-state index is 10.9. The molecule has 27 heavy (non-hydrogen) atoms. The van der Waals surface area contributed by atoms with E-state index in [9.17, 15) is 9.59 Å². The predicted octanol–water partition coefficient (Wildman–Crippen LogP) is 4.12. The van der Waals surface area contributed by atoms with Gasteiger partial charge in [-0.15, -0.1) is 0 Å². The molecule has 0 saturated carbocycles. The lowest BCUT2D eigenvalue weighted by Crippen LogP contribution is -2.12. The highest BCUT2D eigenvalue weighted by molar-refractivity contribution is 5.86. The molecule has 2 N–H and O–H groups in total. The standard InChI is InChI=1S/C13H15NO2.C8H16O3/c15-13(16)14-12-10-5-1-3-8(10)7-9-4-2-6-11(9)12;1-4-10-8(9)5-6-11-7(2)3/h7,14H,1-6H2,(H,15,16);7H,4-6H2,1-3H3. The number of ether oxygens (including phenoxy) is 2. The van der Waals surface area contributed by atoms with Crippen LogP contribution in [-0.2, 0) is 40.0 Å². The van der Waals surface area contributed by atoms with Gasteiger partial charge in [0.15, 0.2) is 0 Å². The van der Waals surface area contributed by atoms with Crippen molar-refractivity contribution >= 4 is 17.7 Å². The number of hydrogen-bond donors (Lipinski definition) is 2. The summed E-state index contributed by atoms with van der Waals surface area (Å²) >= 11 is 0. The van der Waals surface area contributed by atoms with Crippen LogP contribution >= 0.6 is 0 Å². The van der Waals surface area contributed by atoms with Gasteiger partial charge in [-0.3, -0.25) is 10.1 Å². The molecule has 2 aliphatic carbocycles. The van der Waals surface area contributed by atoms with E-state index in [1.165, 1.54) is 22.3 Å². The van der Waals surface area contributed by atoms with Crippen molar-refractivity contribution in [2.75, 3.05) is 18.5 Å². The van der Waals surface area contributed by atoms with Gasteiger partial charge in [-0.25, -0.2) is 4.79 Å². The lowest BCUT2D eigenvalue weighted by molar-refractivity contribution is -0.144. The number of esters is 1. The molecule has 6 heteroatoms. The van der Waals surface area contributed by atoms with Gasteiger partial charge in [0.05, 0.1) is 31.4 Å². The Bertz CT molecular complexity index is 637. The van der Waals surface area contributed by atoms with Gasteiger partial charge >= 0.3 is 12.1 Å². The zero-order valence-electron chi connectivity index (χ0n) is 16.6. The third-order valence-electron chi connectivity index (χ3n) is 4.77. The Kier molecular flexibility index (Phi) is 8.10. The van der Waals surface area contributed by atoms with Crippen molar-refractivity contribution in [3.8, 4) is 0 Å². The quantitative estimate of drug-likeness (QED) is 0.729. The van der Waals surface area contributed by atoms with Crippen LogP contribution in [0.3, 0.4) is 0 Å². The minimum absolute atomic E-state index is 0.185. The monoisotopic (exact) mass is 377 g/mol.